The molecule has 0 aromatic rings. The minimum absolute atomic E-state index is 0.0965. The molecule has 0 amide bonds. The van der Waals surface area contributed by atoms with E-state index in [0.29, 0.717) is 6.10 Å². The first kappa shape index (κ1) is 9.01. The first-order chi connectivity index (χ1) is 5.04. The number of rotatable bonds is 1. The summed E-state index contributed by atoms with van der Waals surface area (Å²) in [6, 6.07) is 0. The molecule has 1 aliphatic heterocycles. The summed E-state index contributed by atoms with van der Waals surface area (Å²) >= 11 is 0. The van der Waals surface area contributed by atoms with Gasteiger partial charge in [0.1, 0.15) is 0 Å². The van der Waals surface area contributed by atoms with Crippen LogP contribution in [0, 0.1) is 5.41 Å². The highest BCUT2D eigenvalue weighted by Gasteiger charge is 2.33. The molecule has 1 rings (SSSR count). The maximum Gasteiger partial charge on any atom is 0.0810 e. The van der Waals surface area contributed by atoms with Crippen molar-refractivity contribution in [2.75, 3.05) is 6.61 Å². The van der Waals surface area contributed by atoms with Crippen LogP contribution in [0.1, 0.15) is 33.6 Å². The highest BCUT2D eigenvalue weighted by molar-refractivity contribution is 4.82. The molecule has 0 bridgehead atoms. The van der Waals surface area contributed by atoms with Crippen molar-refractivity contribution in [3.8, 4) is 0 Å². The fourth-order valence-electron chi connectivity index (χ4n) is 1.48. The molecule has 0 unspecified atom stereocenters. The van der Waals surface area contributed by atoms with Crippen molar-refractivity contribution in [2.45, 2.75) is 45.8 Å². The van der Waals surface area contributed by atoms with Crippen LogP contribution in [0.4, 0.5) is 0 Å². The highest BCUT2D eigenvalue weighted by Crippen LogP contribution is 2.32. The highest BCUT2D eigenvalue weighted by atomic mass is 16.5. The van der Waals surface area contributed by atoms with Gasteiger partial charge in [-0.3, -0.25) is 0 Å². The quantitative estimate of drug-likeness (QED) is 0.627. The smallest absolute Gasteiger partial charge is 0.0810 e. The van der Waals surface area contributed by atoms with Gasteiger partial charge in [-0.25, -0.2) is 0 Å². The maximum absolute atomic E-state index is 8.82. The van der Waals surface area contributed by atoms with E-state index in [1.165, 1.54) is 0 Å². The van der Waals surface area contributed by atoms with Crippen LogP contribution in [0.5, 0.6) is 0 Å². The monoisotopic (exact) mass is 158 g/mol. The van der Waals surface area contributed by atoms with Gasteiger partial charge in [0.05, 0.1) is 18.8 Å². The zero-order valence-corrected chi connectivity index (χ0v) is 7.63. The molecule has 0 spiro atoms. The summed E-state index contributed by atoms with van der Waals surface area (Å²) in [5, 5.41) is 8.82. The van der Waals surface area contributed by atoms with E-state index >= 15 is 0 Å². The molecular weight excluding hydrogens is 140 g/mol. The Hall–Kier alpha value is -0.0800. The van der Waals surface area contributed by atoms with Crippen molar-refractivity contribution in [1.29, 1.82) is 0 Å². The third kappa shape index (κ3) is 2.17. The molecule has 0 aromatic carbocycles. The van der Waals surface area contributed by atoms with Crippen molar-refractivity contribution in [3.05, 3.63) is 0 Å². The van der Waals surface area contributed by atoms with Gasteiger partial charge in [0.25, 0.3) is 0 Å². The predicted molar refractivity (Wildman–Crippen MR) is 44.4 cm³/mol. The molecule has 1 saturated heterocycles. The van der Waals surface area contributed by atoms with E-state index in [1.807, 2.05) is 0 Å². The van der Waals surface area contributed by atoms with Gasteiger partial charge in [0.2, 0.25) is 0 Å². The van der Waals surface area contributed by atoms with E-state index in [4.69, 9.17) is 9.84 Å². The molecule has 0 saturated carbocycles. The molecule has 0 radical (unpaired) electrons. The lowest BCUT2D eigenvalue weighted by atomic mass is 9.87. The third-order valence-electron chi connectivity index (χ3n) is 2.28. The summed E-state index contributed by atoms with van der Waals surface area (Å²) in [5.74, 6) is 0. The zero-order valence-electron chi connectivity index (χ0n) is 7.63. The summed E-state index contributed by atoms with van der Waals surface area (Å²) in [5.41, 5.74) is 0.226. The van der Waals surface area contributed by atoms with E-state index in [9.17, 15) is 0 Å². The van der Waals surface area contributed by atoms with Crippen molar-refractivity contribution in [1.82, 2.24) is 0 Å². The van der Waals surface area contributed by atoms with E-state index in [2.05, 4.69) is 20.8 Å². The Morgan fingerprint density at radius 1 is 1.36 bits per heavy atom. The molecule has 1 aliphatic rings. The van der Waals surface area contributed by atoms with Crippen LogP contribution in [-0.2, 0) is 4.74 Å². The van der Waals surface area contributed by atoms with Crippen LogP contribution in [0.3, 0.4) is 0 Å². The number of aliphatic hydroxyl groups is 1. The number of ether oxygens (including phenoxy) is 1. The van der Waals surface area contributed by atoms with Crippen molar-refractivity contribution >= 4 is 0 Å². The van der Waals surface area contributed by atoms with Gasteiger partial charge in [-0.2, -0.15) is 0 Å². The van der Waals surface area contributed by atoms with Crippen LogP contribution in [0.15, 0.2) is 0 Å². The average molecular weight is 158 g/mol. The molecule has 0 aliphatic carbocycles. The Morgan fingerprint density at radius 2 is 2.00 bits per heavy atom. The van der Waals surface area contributed by atoms with Gasteiger partial charge in [0.15, 0.2) is 0 Å². The Labute approximate surface area is 68.6 Å². The molecule has 11 heavy (non-hydrogen) atoms. The van der Waals surface area contributed by atoms with Crippen LogP contribution < -0.4 is 0 Å². The predicted octanol–water partition coefficient (Wildman–Crippen LogP) is 1.57. The van der Waals surface area contributed by atoms with E-state index in [0.717, 1.165) is 12.8 Å². The third-order valence-corrected chi connectivity index (χ3v) is 2.28. The van der Waals surface area contributed by atoms with Gasteiger partial charge >= 0.3 is 0 Å². The fraction of sp³-hybridized carbons (Fsp3) is 1.00. The Morgan fingerprint density at radius 3 is 2.27 bits per heavy atom. The van der Waals surface area contributed by atoms with E-state index in [1.54, 1.807) is 0 Å². The Balaban J connectivity index is 2.42. The van der Waals surface area contributed by atoms with Gasteiger partial charge in [-0.1, -0.05) is 20.8 Å². The van der Waals surface area contributed by atoms with Crippen molar-refractivity contribution in [3.63, 3.8) is 0 Å². The van der Waals surface area contributed by atoms with E-state index < -0.39 is 0 Å². The molecule has 66 valence electrons. The standard InChI is InChI=1S/C9H18O2/c1-9(2,3)8-5-4-7(6-10)11-8/h7-8,10H,4-6H2,1-3H3/t7-,8-/m1/s1. The van der Waals surface area contributed by atoms with Crippen LogP contribution >= 0.6 is 0 Å². The van der Waals surface area contributed by atoms with Crippen LogP contribution in [-0.4, -0.2) is 23.9 Å². The zero-order chi connectivity index (χ0) is 8.48. The Bertz CT molecular complexity index is 126. The summed E-state index contributed by atoms with van der Waals surface area (Å²) in [6.07, 6.45) is 2.53. The van der Waals surface area contributed by atoms with Crippen molar-refractivity contribution in [2.24, 2.45) is 5.41 Å². The number of aliphatic hydroxyl groups excluding tert-OH is 1. The first-order valence-electron chi connectivity index (χ1n) is 4.30. The van der Waals surface area contributed by atoms with Crippen LogP contribution in [0.2, 0.25) is 0 Å². The largest absolute Gasteiger partial charge is 0.394 e. The summed E-state index contributed by atoms with van der Waals surface area (Å²) in [4.78, 5) is 0. The van der Waals surface area contributed by atoms with Crippen LogP contribution in [0.25, 0.3) is 0 Å². The second-order valence-electron chi connectivity index (χ2n) is 4.37. The normalized spacial score (nSPS) is 32.7. The summed E-state index contributed by atoms with van der Waals surface area (Å²) in [7, 11) is 0. The molecule has 0 aromatic heterocycles. The minimum Gasteiger partial charge on any atom is -0.394 e. The summed E-state index contributed by atoms with van der Waals surface area (Å²) < 4.78 is 5.62. The van der Waals surface area contributed by atoms with Gasteiger partial charge in [-0.15, -0.1) is 0 Å². The number of hydrogen-bond acceptors (Lipinski definition) is 2. The lowest BCUT2D eigenvalue weighted by Gasteiger charge is -2.26. The maximum atomic E-state index is 8.82. The first-order valence-corrected chi connectivity index (χ1v) is 4.30. The van der Waals surface area contributed by atoms with Gasteiger partial charge in [0, 0.05) is 0 Å². The minimum atomic E-state index is 0.0965. The second-order valence-corrected chi connectivity index (χ2v) is 4.37. The topological polar surface area (TPSA) is 29.5 Å². The average Bonchev–Trinajstić information content (AvgIpc) is 2.32. The lowest BCUT2D eigenvalue weighted by Crippen LogP contribution is -2.27. The summed E-state index contributed by atoms with van der Waals surface area (Å²) in [6.45, 7) is 6.71. The van der Waals surface area contributed by atoms with Gasteiger partial charge < -0.3 is 9.84 Å². The molecule has 1 heterocycles. The van der Waals surface area contributed by atoms with Crippen molar-refractivity contribution < 1.29 is 9.84 Å². The molecule has 2 heteroatoms. The molecule has 2 nitrogen and oxygen atoms in total. The molecule has 1 N–H and O–H groups in total. The lowest BCUT2D eigenvalue weighted by molar-refractivity contribution is -0.0352. The number of hydrogen-bond donors (Lipinski definition) is 1. The molecular formula is C9H18O2. The SMILES string of the molecule is CC(C)(C)[C@H]1CC[C@H](CO)O1. The molecule has 1 fully saturated rings. The van der Waals surface area contributed by atoms with Gasteiger partial charge in [-0.05, 0) is 18.3 Å². The van der Waals surface area contributed by atoms with E-state index in [-0.39, 0.29) is 18.1 Å². The second kappa shape index (κ2) is 3.11. The molecule has 2 atom stereocenters. The Kier molecular flexibility index (Phi) is 2.55. The fourth-order valence-corrected chi connectivity index (χ4v) is 1.48.